The Kier molecular flexibility index (Phi) is 7.21. The van der Waals surface area contributed by atoms with Gasteiger partial charge in [0.1, 0.15) is 11.9 Å². The lowest BCUT2D eigenvalue weighted by Crippen LogP contribution is -2.47. The number of rotatable bonds is 7. The Morgan fingerprint density at radius 1 is 1.26 bits per heavy atom. The molecule has 2 unspecified atom stereocenters. The molecule has 5 nitrogen and oxygen atoms in total. The van der Waals surface area contributed by atoms with Crippen molar-refractivity contribution in [3.05, 3.63) is 35.6 Å². The van der Waals surface area contributed by atoms with Crippen LogP contribution in [0.5, 0.6) is 0 Å². The highest BCUT2D eigenvalue weighted by atomic mass is 19.1. The number of carbonyl (C=O) groups excluding carboxylic acids is 1. The summed E-state index contributed by atoms with van der Waals surface area (Å²) in [4.78, 5) is 12.5. The van der Waals surface area contributed by atoms with Gasteiger partial charge in [-0.15, -0.1) is 0 Å². The number of nitrogens with one attached hydrogen (secondary N) is 1. The van der Waals surface area contributed by atoms with Crippen molar-refractivity contribution in [2.24, 2.45) is 0 Å². The van der Waals surface area contributed by atoms with Gasteiger partial charge in [0.05, 0.1) is 12.7 Å². The van der Waals surface area contributed by atoms with Crippen molar-refractivity contribution in [1.29, 1.82) is 0 Å². The maximum absolute atomic E-state index is 13.3. The van der Waals surface area contributed by atoms with Crippen molar-refractivity contribution in [3.8, 4) is 0 Å². The number of hydrogen-bond donors (Lipinski definition) is 1. The van der Waals surface area contributed by atoms with Gasteiger partial charge in [-0.05, 0) is 56.7 Å². The van der Waals surface area contributed by atoms with Crippen LogP contribution in [0.4, 0.5) is 4.39 Å². The van der Waals surface area contributed by atoms with E-state index in [1.165, 1.54) is 12.1 Å². The lowest BCUT2D eigenvalue weighted by atomic mass is 9.74. The van der Waals surface area contributed by atoms with Crippen LogP contribution in [0.15, 0.2) is 24.3 Å². The van der Waals surface area contributed by atoms with Crippen LogP contribution in [0, 0.1) is 5.82 Å². The molecule has 1 amide bonds. The molecule has 3 rings (SSSR count). The minimum atomic E-state index is -0.527. The Morgan fingerprint density at radius 3 is 2.67 bits per heavy atom. The lowest BCUT2D eigenvalue weighted by Gasteiger charge is -2.38. The highest BCUT2D eigenvalue weighted by Crippen LogP contribution is 2.34. The first-order chi connectivity index (χ1) is 13.1. The van der Waals surface area contributed by atoms with E-state index >= 15 is 0 Å². The molecule has 2 aliphatic rings. The van der Waals surface area contributed by atoms with Gasteiger partial charge in [-0.2, -0.15) is 0 Å². The van der Waals surface area contributed by atoms with Crippen molar-refractivity contribution >= 4 is 5.91 Å². The third kappa shape index (κ3) is 5.50. The van der Waals surface area contributed by atoms with Crippen LogP contribution < -0.4 is 5.32 Å². The van der Waals surface area contributed by atoms with E-state index in [0.29, 0.717) is 26.4 Å². The number of benzene rings is 1. The summed E-state index contributed by atoms with van der Waals surface area (Å²) in [5, 5.41) is 3.04. The Morgan fingerprint density at radius 2 is 2.00 bits per heavy atom. The van der Waals surface area contributed by atoms with Crippen LogP contribution in [0.3, 0.4) is 0 Å². The second kappa shape index (κ2) is 9.62. The first-order valence-electron chi connectivity index (χ1n) is 9.94. The van der Waals surface area contributed by atoms with Crippen LogP contribution in [-0.2, 0) is 24.4 Å². The van der Waals surface area contributed by atoms with Gasteiger partial charge in [-0.3, -0.25) is 4.79 Å². The molecule has 0 aromatic heterocycles. The molecule has 2 atom stereocenters. The summed E-state index contributed by atoms with van der Waals surface area (Å²) in [5.74, 6) is -0.379. The Balaban J connectivity index is 1.54. The van der Waals surface area contributed by atoms with Crippen molar-refractivity contribution < 1.29 is 23.4 Å². The molecule has 2 aliphatic heterocycles. The average Bonchev–Trinajstić information content (AvgIpc) is 2.72. The predicted molar refractivity (Wildman–Crippen MR) is 100 cm³/mol. The second-order valence-electron chi connectivity index (χ2n) is 7.58. The third-order valence-electron chi connectivity index (χ3n) is 5.68. The number of ether oxygens (including phenoxy) is 3. The third-order valence-corrected chi connectivity index (χ3v) is 5.68. The van der Waals surface area contributed by atoms with Crippen molar-refractivity contribution in [1.82, 2.24) is 5.32 Å². The molecule has 6 heteroatoms. The molecule has 0 spiro atoms. The van der Waals surface area contributed by atoms with Crippen molar-refractivity contribution in [2.45, 2.75) is 56.7 Å². The van der Waals surface area contributed by atoms with Crippen LogP contribution >= 0.6 is 0 Å². The molecule has 0 aliphatic carbocycles. The molecule has 1 aromatic rings. The number of halogens is 1. The highest BCUT2D eigenvalue weighted by Gasteiger charge is 2.35. The van der Waals surface area contributed by atoms with E-state index in [1.807, 2.05) is 12.1 Å². The van der Waals surface area contributed by atoms with E-state index in [2.05, 4.69) is 5.32 Å². The minimum absolute atomic E-state index is 0.0926. The van der Waals surface area contributed by atoms with E-state index in [9.17, 15) is 9.18 Å². The summed E-state index contributed by atoms with van der Waals surface area (Å²) in [5.41, 5.74) is 0.810. The number of amides is 1. The van der Waals surface area contributed by atoms with Gasteiger partial charge < -0.3 is 19.5 Å². The van der Waals surface area contributed by atoms with E-state index in [-0.39, 0.29) is 23.2 Å². The van der Waals surface area contributed by atoms with Crippen LogP contribution in [0.2, 0.25) is 0 Å². The van der Waals surface area contributed by atoms with Gasteiger partial charge in [0, 0.05) is 31.8 Å². The largest absolute Gasteiger partial charge is 0.381 e. The Labute approximate surface area is 160 Å². The smallest absolute Gasteiger partial charge is 0.248 e. The van der Waals surface area contributed by atoms with Crippen LogP contribution in [0.25, 0.3) is 0 Å². The van der Waals surface area contributed by atoms with Gasteiger partial charge in [0.25, 0.3) is 0 Å². The maximum Gasteiger partial charge on any atom is 0.248 e. The van der Waals surface area contributed by atoms with Gasteiger partial charge in [-0.1, -0.05) is 12.1 Å². The molecule has 150 valence electrons. The summed E-state index contributed by atoms with van der Waals surface area (Å²) < 4.78 is 30.2. The zero-order valence-electron chi connectivity index (χ0n) is 16.0. The quantitative estimate of drug-likeness (QED) is 0.791. The lowest BCUT2D eigenvalue weighted by molar-refractivity contribution is -0.136. The molecule has 27 heavy (non-hydrogen) atoms. The molecular weight excluding hydrogens is 349 g/mol. The standard InChI is InChI=1S/C21H30FNO4/c1-16(27-14-19-4-2-3-11-26-19)20(24)23-15-21(9-12-25-13-10-21)17-5-7-18(22)8-6-17/h5-8,16,19H,2-4,9-15H2,1H3,(H,23,24). The first kappa shape index (κ1) is 20.2. The molecule has 1 N–H and O–H groups in total. The van der Waals surface area contributed by atoms with Crippen LogP contribution in [-0.4, -0.2) is 51.1 Å². The van der Waals surface area contributed by atoms with Gasteiger partial charge >= 0.3 is 0 Å². The zero-order valence-corrected chi connectivity index (χ0v) is 16.0. The highest BCUT2D eigenvalue weighted by molar-refractivity contribution is 5.80. The molecule has 0 radical (unpaired) electrons. The fourth-order valence-corrected chi connectivity index (χ4v) is 3.80. The molecule has 1 aromatic carbocycles. The summed E-state index contributed by atoms with van der Waals surface area (Å²) in [6, 6.07) is 6.58. The molecule has 2 saturated heterocycles. The second-order valence-corrected chi connectivity index (χ2v) is 7.58. The first-order valence-corrected chi connectivity index (χ1v) is 9.94. The Bertz CT molecular complexity index is 595. The number of carbonyl (C=O) groups is 1. The Hall–Kier alpha value is -1.50. The van der Waals surface area contributed by atoms with Gasteiger partial charge in [0.15, 0.2) is 0 Å². The molecule has 0 bridgehead atoms. The maximum atomic E-state index is 13.3. The summed E-state index contributed by atoms with van der Waals surface area (Å²) in [6.45, 7) is 4.76. The fourth-order valence-electron chi connectivity index (χ4n) is 3.80. The topological polar surface area (TPSA) is 56.8 Å². The summed E-state index contributed by atoms with van der Waals surface area (Å²) in [6.07, 6.45) is 4.39. The monoisotopic (exact) mass is 379 g/mol. The fraction of sp³-hybridized carbons (Fsp3) is 0.667. The summed E-state index contributed by atoms with van der Waals surface area (Å²) in [7, 11) is 0. The SMILES string of the molecule is CC(OCC1CCCCO1)C(=O)NCC1(c2ccc(F)cc2)CCOCC1. The predicted octanol–water partition coefficient (Wildman–Crippen LogP) is 2.96. The molecular formula is C21H30FNO4. The van der Waals surface area contributed by atoms with Crippen molar-refractivity contribution in [2.75, 3.05) is 33.0 Å². The van der Waals surface area contributed by atoms with E-state index < -0.39 is 6.10 Å². The van der Waals surface area contributed by atoms with E-state index in [4.69, 9.17) is 14.2 Å². The normalized spacial score (nSPS) is 23.6. The van der Waals surface area contributed by atoms with Crippen molar-refractivity contribution in [3.63, 3.8) is 0 Å². The number of hydrogen-bond acceptors (Lipinski definition) is 4. The zero-order chi connectivity index (χ0) is 19.1. The van der Waals surface area contributed by atoms with E-state index in [0.717, 1.165) is 44.3 Å². The van der Waals surface area contributed by atoms with Gasteiger partial charge in [0.2, 0.25) is 5.91 Å². The minimum Gasteiger partial charge on any atom is -0.381 e. The summed E-state index contributed by atoms with van der Waals surface area (Å²) >= 11 is 0. The molecule has 2 heterocycles. The molecule has 2 fully saturated rings. The average molecular weight is 379 g/mol. The van der Waals surface area contributed by atoms with E-state index in [1.54, 1.807) is 6.92 Å². The molecule has 0 saturated carbocycles. The van der Waals surface area contributed by atoms with Gasteiger partial charge in [-0.25, -0.2) is 4.39 Å². The van der Waals surface area contributed by atoms with Crippen LogP contribution in [0.1, 0.15) is 44.6 Å².